The van der Waals surface area contributed by atoms with E-state index in [1.807, 2.05) is 36.7 Å². The van der Waals surface area contributed by atoms with E-state index in [4.69, 9.17) is 19.6 Å². The number of rotatable bonds is 8. The van der Waals surface area contributed by atoms with E-state index in [0.29, 0.717) is 29.4 Å². The van der Waals surface area contributed by atoms with Crippen molar-refractivity contribution in [1.82, 2.24) is 34.7 Å². The number of carboxylic acid groups (broad SMARTS) is 1. The molecule has 0 amide bonds. The predicted octanol–water partition coefficient (Wildman–Crippen LogP) is 2.60. The fourth-order valence-electron chi connectivity index (χ4n) is 5.69. The number of aromatic nitrogens is 6. The molecule has 2 atom stereocenters. The zero-order chi connectivity index (χ0) is 26.5. The lowest BCUT2D eigenvalue weighted by molar-refractivity contribution is -0.139. The van der Waals surface area contributed by atoms with E-state index in [2.05, 4.69) is 36.1 Å². The Kier molecular flexibility index (Phi) is 5.55. The van der Waals surface area contributed by atoms with Gasteiger partial charge < -0.3 is 19.5 Å². The molecule has 2 bridgehead atoms. The van der Waals surface area contributed by atoms with Crippen LogP contribution in [0.5, 0.6) is 11.6 Å². The first kappa shape index (κ1) is 23.4. The minimum Gasteiger partial charge on any atom is -0.481 e. The maximum absolute atomic E-state index is 11.1. The summed E-state index contributed by atoms with van der Waals surface area (Å²) in [5.74, 6) is 0.935. The van der Waals surface area contributed by atoms with Gasteiger partial charge in [0.25, 0.3) is 0 Å². The van der Waals surface area contributed by atoms with Gasteiger partial charge in [0.15, 0.2) is 12.3 Å². The zero-order valence-corrected chi connectivity index (χ0v) is 21.2. The average molecular weight is 527 g/mol. The van der Waals surface area contributed by atoms with Crippen molar-refractivity contribution in [1.29, 1.82) is 0 Å². The molecule has 0 aromatic carbocycles. The first-order valence-corrected chi connectivity index (χ1v) is 12.7. The van der Waals surface area contributed by atoms with Crippen molar-refractivity contribution < 1.29 is 19.4 Å². The van der Waals surface area contributed by atoms with Crippen molar-refractivity contribution in [3.63, 3.8) is 0 Å². The largest absolute Gasteiger partial charge is 0.481 e. The van der Waals surface area contributed by atoms with Crippen LogP contribution in [0.1, 0.15) is 12.0 Å². The molecule has 3 saturated heterocycles. The molecule has 5 aromatic rings. The smallest absolute Gasteiger partial charge is 0.341 e. The Morgan fingerprint density at radius 2 is 2.00 bits per heavy atom. The first-order valence-electron chi connectivity index (χ1n) is 12.7. The number of nitrogens with one attached hydrogen (secondary N) is 1. The number of carboxylic acids is 1. The molecule has 8 rings (SSSR count). The second-order valence-corrected chi connectivity index (χ2v) is 9.93. The highest BCUT2D eigenvalue weighted by molar-refractivity contribution is 6.00. The lowest BCUT2D eigenvalue weighted by atomic mass is 9.87. The molecule has 12 nitrogen and oxygen atoms in total. The number of ether oxygens (including phenoxy) is 2. The fourth-order valence-corrected chi connectivity index (χ4v) is 5.69. The number of pyridine rings is 3. The number of anilines is 1. The Hall–Kier alpha value is -4.71. The molecule has 0 saturated carbocycles. The van der Waals surface area contributed by atoms with Crippen LogP contribution in [0.2, 0.25) is 0 Å². The average Bonchev–Trinajstić information content (AvgIpc) is 3.56. The van der Waals surface area contributed by atoms with Gasteiger partial charge >= 0.3 is 5.97 Å². The molecule has 39 heavy (non-hydrogen) atoms. The highest BCUT2D eigenvalue weighted by atomic mass is 16.5. The van der Waals surface area contributed by atoms with Crippen LogP contribution in [0.25, 0.3) is 27.7 Å². The summed E-state index contributed by atoms with van der Waals surface area (Å²) in [4.78, 5) is 25.1. The lowest BCUT2D eigenvalue weighted by Crippen LogP contribution is -2.68. The van der Waals surface area contributed by atoms with E-state index in [0.717, 1.165) is 47.5 Å². The molecule has 0 aliphatic carbocycles. The van der Waals surface area contributed by atoms with Crippen LogP contribution in [0.4, 0.5) is 5.82 Å². The molecule has 5 aromatic heterocycles. The van der Waals surface area contributed by atoms with Crippen LogP contribution >= 0.6 is 0 Å². The number of fused-ring (bicyclic) bond motifs is 5. The van der Waals surface area contributed by atoms with Gasteiger partial charge in [0.05, 0.1) is 30.4 Å². The lowest BCUT2D eigenvalue weighted by Gasteiger charge is -2.56. The Labute approximate surface area is 222 Å². The summed E-state index contributed by atoms with van der Waals surface area (Å²) in [7, 11) is 1.63. The monoisotopic (exact) mass is 526 g/mol. The quantitative estimate of drug-likeness (QED) is 0.311. The molecule has 12 heteroatoms. The molecule has 8 heterocycles. The summed E-state index contributed by atoms with van der Waals surface area (Å²) in [6, 6.07) is 10.9. The normalized spacial score (nSPS) is 18.8. The standard InChI is InChI=1S/C27H26N8O4/c1-38-24-5-2-16(8-29-24)11-34-18-6-19(34)13-33(12-18)23-4-3-17(9-28-23)21-7-20(39-15-25(36)37)14-35-26(21)22-10-30-31-27(22)32-35/h2-5,7-10,14,18-19H,6,11-13,15H2,1H3,(H,31,32)(H,36,37). The van der Waals surface area contributed by atoms with Gasteiger partial charge in [-0.25, -0.2) is 19.3 Å². The highest BCUT2D eigenvalue weighted by Gasteiger charge is 2.44. The molecule has 0 spiro atoms. The molecule has 3 fully saturated rings. The number of H-pyrrole nitrogens is 1. The van der Waals surface area contributed by atoms with Gasteiger partial charge in [0.2, 0.25) is 5.88 Å². The molecule has 3 aliphatic heterocycles. The highest BCUT2D eigenvalue weighted by Crippen LogP contribution is 2.37. The molecule has 2 unspecified atom stereocenters. The van der Waals surface area contributed by atoms with Gasteiger partial charge in [-0.3, -0.25) is 10.00 Å². The summed E-state index contributed by atoms with van der Waals surface area (Å²) in [5.41, 5.74) is 4.39. The van der Waals surface area contributed by atoms with Crippen LogP contribution in [0.3, 0.4) is 0 Å². The second kappa shape index (κ2) is 9.24. The molecule has 198 valence electrons. The third-order valence-corrected chi connectivity index (χ3v) is 7.56. The van der Waals surface area contributed by atoms with Crippen molar-refractivity contribution in [2.24, 2.45) is 0 Å². The number of aromatic amines is 1. The van der Waals surface area contributed by atoms with Crippen molar-refractivity contribution in [3.8, 4) is 22.8 Å². The van der Waals surface area contributed by atoms with Gasteiger partial charge in [0, 0.05) is 61.3 Å². The molecular formula is C27H26N8O4. The maximum Gasteiger partial charge on any atom is 0.341 e. The number of nitrogens with zero attached hydrogens (tertiary/aromatic N) is 7. The number of hydrogen-bond acceptors (Lipinski definition) is 9. The fraction of sp³-hybridized carbons (Fsp3) is 0.296. The minimum atomic E-state index is -1.04. The predicted molar refractivity (Wildman–Crippen MR) is 142 cm³/mol. The van der Waals surface area contributed by atoms with E-state index < -0.39 is 12.6 Å². The van der Waals surface area contributed by atoms with Crippen molar-refractivity contribution in [2.45, 2.75) is 25.0 Å². The minimum absolute atomic E-state index is 0.408. The third kappa shape index (κ3) is 4.18. The van der Waals surface area contributed by atoms with E-state index in [1.54, 1.807) is 24.0 Å². The summed E-state index contributed by atoms with van der Waals surface area (Å²) in [5, 5.41) is 21.4. The van der Waals surface area contributed by atoms with Gasteiger partial charge in [-0.2, -0.15) is 5.10 Å². The van der Waals surface area contributed by atoms with Crippen molar-refractivity contribution >= 4 is 28.3 Å². The number of piperidine rings is 1. The molecule has 3 aliphatic rings. The third-order valence-electron chi connectivity index (χ3n) is 7.56. The Morgan fingerprint density at radius 3 is 2.72 bits per heavy atom. The maximum atomic E-state index is 11.1. The Morgan fingerprint density at radius 1 is 1.13 bits per heavy atom. The van der Waals surface area contributed by atoms with Gasteiger partial charge in [-0.15, -0.1) is 5.10 Å². The van der Waals surface area contributed by atoms with E-state index in [-0.39, 0.29) is 0 Å². The van der Waals surface area contributed by atoms with Crippen LogP contribution in [-0.2, 0) is 11.3 Å². The first-order chi connectivity index (χ1) is 19.1. The van der Waals surface area contributed by atoms with Crippen molar-refractivity contribution in [3.05, 3.63) is 60.7 Å². The SMILES string of the molecule is COc1ccc(CN2C3CC2CN(c2ccc(-c4cc(OCC(=O)O)cn5nc6[nH]ncc6c45)cn2)C3)cn1. The van der Waals surface area contributed by atoms with E-state index in [9.17, 15) is 4.79 Å². The zero-order valence-electron chi connectivity index (χ0n) is 21.2. The number of aliphatic carboxylic acids is 1. The second-order valence-electron chi connectivity index (χ2n) is 9.93. The number of piperazine rings is 1. The summed E-state index contributed by atoms with van der Waals surface area (Å²) >= 11 is 0. The number of hydrogen-bond donors (Lipinski definition) is 2. The molecule has 0 radical (unpaired) electrons. The summed E-state index contributed by atoms with van der Waals surface area (Å²) < 4.78 is 12.3. The Balaban J connectivity index is 1.11. The van der Waals surface area contributed by atoms with Crippen LogP contribution in [-0.4, -0.2) is 84.6 Å². The van der Waals surface area contributed by atoms with Gasteiger partial charge in [0.1, 0.15) is 11.6 Å². The van der Waals surface area contributed by atoms with Crippen LogP contribution < -0.4 is 14.4 Å². The van der Waals surface area contributed by atoms with E-state index in [1.165, 1.54) is 12.0 Å². The topological polar surface area (TPSA) is 134 Å². The molecule has 2 N–H and O–H groups in total. The summed E-state index contributed by atoms with van der Waals surface area (Å²) in [6.45, 7) is 2.30. The molecular weight excluding hydrogens is 500 g/mol. The van der Waals surface area contributed by atoms with Crippen LogP contribution in [0.15, 0.2) is 55.1 Å². The summed E-state index contributed by atoms with van der Waals surface area (Å²) in [6.07, 6.45) is 8.34. The number of carbonyl (C=O) groups is 1. The Bertz CT molecular complexity index is 1650. The number of methoxy groups -OCH3 is 1. The van der Waals surface area contributed by atoms with Crippen LogP contribution in [0, 0.1) is 0 Å². The van der Waals surface area contributed by atoms with Crippen molar-refractivity contribution in [2.75, 3.05) is 31.7 Å². The van der Waals surface area contributed by atoms with Gasteiger partial charge in [-0.1, -0.05) is 6.07 Å². The van der Waals surface area contributed by atoms with E-state index >= 15 is 0 Å². The van der Waals surface area contributed by atoms with Gasteiger partial charge in [-0.05, 0) is 30.2 Å².